The van der Waals surface area contributed by atoms with Crippen molar-refractivity contribution in [3.05, 3.63) is 38.1 Å². The number of nitrogens with zero attached hydrogens (tertiary/aromatic N) is 1. The van der Waals surface area contributed by atoms with Crippen LogP contribution >= 0.6 is 15.9 Å². The van der Waals surface area contributed by atoms with Crippen molar-refractivity contribution in [1.82, 2.24) is 0 Å². The van der Waals surface area contributed by atoms with Gasteiger partial charge in [-0.05, 0) is 35.0 Å². The Labute approximate surface area is 87.0 Å². The number of hydrogen-bond donors (Lipinski definition) is 0. The zero-order chi connectivity index (χ0) is 10.9. The molecule has 0 bridgehead atoms. The fraction of sp³-hybridized carbons (Fsp3) is 0.125. The summed E-state index contributed by atoms with van der Waals surface area (Å²) in [5.41, 5.74) is -1.03. The van der Waals surface area contributed by atoms with Crippen LogP contribution in [0.1, 0.15) is 17.3 Å². The van der Waals surface area contributed by atoms with E-state index < -0.39 is 22.2 Å². The lowest BCUT2D eigenvalue weighted by atomic mass is 10.1. The fourth-order valence-electron chi connectivity index (χ4n) is 1.05. The van der Waals surface area contributed by atoms with Crippen LogP contribution in [-0.4, -0.2) is 10.7 Å². The standard InChI is InChI=1S/C8H5BrFNO3/c1-4(12)7-5(9)2-3-6(10)8(7)11(13)14/h2-3H,1H3. The Balaban J connectivity index is 3.58. The molecule has 0 aromatic heterocycles. The third kappa shape index (κ3) is 1.79. The van der Waals surface area contributed by atoms with Crippen LogP contribution < -0.4 is 0 Å². The van der Waals surface area contributed by atoms with Crippen LogP contribution in [0.5, 0.6) is 0 Å². The van der Waals surface area contributed by atoms with E-state index in [2.05, 4.69) is 15.9 Å². The average molecular weight is 262 g/mol. The molecule has 0 atom stereocenters. The van der Waals surface area contributed by atoms with Crippen LogP contribution in [0.15, 0.2) is 16.6 Å². The molecule has 0 radical (unpaired) electrons. The van der Waals surface area contributed by atoms with Crippen molar-refractivity contribution in [2.45, 2.75) is 6.92 Å². The average Bonchev–Trinajstić information content (AvgIpc) is 2.07. The minimum Gasteiger partial charge on any atom is -0.294 e. The van der Waals surface area contributed by atoms with Crippen molar-refractivity contribution in [3.8, 4) is 0 Å². The van der Waals surface area contributed by atoms with E-state index in [1.807, 2.05) is 0 Å². The quantitative estimate of drug-likeness (QED) is 0.467. The number of rotatable bonds is 2. The first-order valence-corrected chi connectivity index (χ1v) is 4.37. The molecule has 14 heavy (non-hydrogen) atoms. The molecule has 1 rings (SSSR count). The van der Waals surface area contributed by atoms with Gasteiger partial charge in [-0.25, -0.2) is 0 Å². The molecule has 0 N–H and O–H groups in total. The number of carbonyl (C=O) groups is 1. The molecule has 0 aliphatic heterocycles. The lowest BCUT2D eigenvalue weighted by Gasteiger charge is -2.02. The second-order valence-electron chi connectivity index (χ2n) is 2.57. The Morgan fingerprint density at radius 2 is 2.14 bits per heavy atom. The maximum atomic E-state index is 13.0. The monoisotopic (exact) mass is 261 g/mol. The fourth-order valence-corrected chi connectivity index (χ4v) is 1.65. The van der Waals surface area contributed by atoms with E-state index in [1.165, 1.54) is 6.07 Å². The second kappa shape index (κ2) is 3.83. The van der Waals surface area contributed by atoms with Gasteiger partial charge < -0.3 is 0 Å². The summed E-state index contributed by atoms with van der Waals surface area (Å²) >= 11 is 2.96. The van der Waals surface area contributed by atoms with E-state index >= 15 is 0 Å². The minimum absolute atomic E-state index is 0.220. The summed E-state index contributed by atoms with van der Waals surface area (Å²) in [6.07, 6.45) is 0. The lowest BCUT2D eigenvalue weighted by molar-refractivity contribution is -0.387. The maximum Gasteiger partial charge on any atom is 0.316 e. The molecular formula is C8H5BrFNO3. The van der Waals surface area contributed by atoms with Crippen LogP contribution in [0.3, 0.4) is 0 Å². The number of nitro groups is 1. The number of ketones is 1. The molecule has 0 aliphatic rings. The van der Waals surface area contributed by atoms with Crippen LogP contribution in [0.25, 0.3) is 0 Å². The highest BCUT2D eigenvalue weighted by atomic mass is 79.9. The molecule has 0 saturated heterocycles. The first-order valence-electron chi connectivity index (χ1n) is 3.58. The molecule has 6 heteroatoms. The number of halogens is 2. The van der Waals surface area contributed by atoms with Gasteiger partial charge in [-0.2, -0.15) is 4.39 Å². The summed E-state index contributed by atoms with van der Waals surface area (Å²) in [5, 5.41) is 10.5. The highest BCUT2D eigenvalue weighted by Gasteiger charge is 2.25. The first kappa shape index (κ1) is 10.8. The molecule has 0 amide bonds. The number of nitro benzene ring substituents is 1. The van der Waals surface area contributed by atoms with Crippen LogP contribution in [0.2, 0.25) is 0 Å². The van der Waals surface area contributed by atoms with E-state index in [0.29, 0.717) is 0 Å². The van der Waals surface area contributed by atoms with Crippen LogP contribution in [-0.2, 0) is 0 Å². The molecule has 0 aliphatic carbocycles. The molecule has 0 unspecified atom stereocenters. The molecule has 1 aromatic rings. The Bertz CT molecular complexity index is 380. The normalized spacial score (nSPS) is 9.93. The van der Waals surface area contributed by atoms with Gasteiger partial charge in [0.15, 0.2) is 5.78 Å². The van der Waals surface area contributed by atoms with Crippen molar-refractivity contribution in [1.29, 1.82) is 0 Å². The van der Waals surface area contributed by atoms with Crippen molar-refractivity contribution < 1.29 is 14.1 Å². The zero-order valence-corrected chi connectivity index (χ0v) is 8.67. The van der Waals surface area contributed by atoms with Crippen molar-refractivity contribution in [3.63, 3.8) is 0 Å². The number of hydrogen-bond acceptors (Lipinski definition) is 3. The van der Waals surface area contributed by atoms with Gasteiger partial charge in [0.25, 0.3) is 0 Å². The maximum absolute atomic E-state index is 13.0. The van der Waals surface area contributed by atoms with E-state index in [4.69, 9.17) is 0 Å². The Kier molecular flexibility index (Phi) is 2.95. The smallest absolute Gasteiger partial charge is 0.294 e. The van der Waals surface area contributed by atoms with Gasteiger partial charge in [0, 0.05) is 4.47 Å². The molecule has 4 nitrogen and oxygen atoms in total. The summed E-state index contributed by atoms with van der Waals surface area (Å²) in [4.78, 5) is 20.6. The molecule has 74 valence electrons. The van der Waals surface area contributed by atoms with Crippen LogP contribution in [0.4, 0.5) is 10.1 Å². The molecule has 0 saturated carbocycles. The number of benzene rings is 1. The zero-order valence-electron chi connectivity index (χ0n) is 7.08. The highest BCUT2D eigenvalue weighted by Crippen LogP contribution is 2.29. The highest BCUT2D eigenvalue weighted by molar-refractivity contribution is 9.10. The predicted molar refractivity (Wildman–Crippen MR) is 50.8 cm³/mol. The lowest BCUT2D eigenvalue weighted by Crippen LogP contribution is -2.03. The van der Waals surface area contributed by atoms with E-state index in [-0.39, 0.29) is 10.0 Å². The predicted octanol–water partition coefficient (Wildman–Crippen LogP) is 2.70. The van der Waals surface area contributed by atoms with E-state index in [1.54, 1.807) is 0 Å². The largest absolute Gasteiger partial charge is 0.316 e. The molecular weight excluding hydrogens is 257 g/mol. The van der Waals surface area contributed by atoms with Gasteiger partial charge in [0.05, 0.1) is 4.92 Å². The van der Waals surface area contributed by atoms with Gasteiger partial charge in [-0.1, -0.05) is 0 Å². The van der Waals surface area contributed by atoms with Gasteiger partial charge in [-0.15, -0.1) is 0 Å². The van der Waals surface area contributed by atoms with Gasteiger partial charge in [-0.3, -0.25) is 14.9 Å². The van der Waals surface area contributed by atoms with Crippen molar-refractivity contribution in [2.75, 3.05) is 0 Å². The van der Waals surface area contributed by atoms with Gasteiger partial charge in [0.2, 0.25) is 5.82 Å². The summed E-state index contributed by atoms with van der Waals surface area (Å²) in [7, 11) is 0. The topological polar surface area (TPSA) is 60.2 Å². The molecule has 1 aromatic carbocycles. The van der Waals surface area contributed by atoms with E-state index in [9.17, 15) is 19.3 Å². The summed E-state index contributed by atoms with van der Waals surface area (Å²) in [5.74, 6) is -1.56. The van der Waals surface area contributed by atoms with E-state index in [0.717, 1.165) is 13.0 Å². The minimum atomic E-state index is -1.01. The van der Waals surface area contributed by atoms with Crippen molar-refractivity contribution in [2.24, 2.45) is 0 Å². The van der Waals surface area contributed by atoms with Crippen LogP contribution in [0, 0.1) is 15.9 Å². The number of Topliss-reactive ketones (excluding diaryl/α,β-unsaturated/α-hetero) is 1. The third-order valence-corrected chi connectivity index (χ3v) is 2.27. The molecule has 0 heterocycles. The summed E-state index contributed by atoms with van der Waals surface area (Å²) in [6.45, 7) is 1.15. The Morgan fingerprint density at radius 3 is 2.50 bits per heavy atom. The SMILES string of the molecule is CC(=O)c1c(Br)ccc(F)c1[N+](=O)[O-]. The Morgan fingerprint density at radius 1 is 1.57 bits per heavy atom. The molecule has 0 spiro atoms. The van der Waals surface area contributed by atoms with Crippen molar-refractivity contribution >= 4 is 27.4 Å². The first-order chi connectivity index (χ1) is 6.45. The van der Waals surface area contributed by atoms with Gasteiger partial charge in [0.1, 0.15) is 5.56 Å². The third-order valence-electron chi connectivity index (χ3n) is 1.61. The van der Waals surface area contributed by atoms with Gasteiger partial charge >= 0.3 is 5.69 Å². The summed E-state index contributed by atoms with van der Waals surface area (Å²) < 4.78 is 13.2. The Hall–Kier alpha value is -1.30. The second-order valence-corrected chi connectivity index (χ2v) is 3.42. The molecule has 0 fully saturated rings. The number of carbonyl (C=O) groups excluding carboxylic acids is 1. The summed E-state index contributed by atoms with van der Waals surface area (Å²) in [6, 6.07) is 2.20.